The lowest BCUT2D eigenvalue weighted by Gasteiger charge is -2.28. The van der Waals surface area contributed by atoms with Crippen LogP contribution in [0.2, 0.25) is 5.02 Å². The molecule has 174 valence electrons. The number of carbonyl (C=O) groups is 2. The van der Waals surface area contributed by atoms with Crippen LogP contribution in [-0.2, 0) is 16.0 Å². The molecule has 2 atom stereocenters. The highest BCUT2D eigenvalue weighted by Crippen LogP contribution is 2.41. The van der Waals surface area contributed by atoms with E-state index in [1.54, 1.807) is 35.2 Å². The molecule has 0 spiro atoms. The Hall–Kier alpha value is -2.83. The van der Waals surface area contributed by atoms with Crippen LogP contribution in [0, 0.1) is 0 Å². The fourth-order valence-electron chi connectivity index (χ4n) is 4.65. The second-order valence-electron chi connectivity index (χ2n) is 8.53. The minimum atomic E-state index is -0.706. The van der Waals surface area contributed by atoms with Crippen molar-refractivity contribution in [2.75, 3.05) is 26.2 Å². The molecule has 0 radical (unpaired) electrons. The maximum Gasteiger partial charge on any atom is 0.295 e. The van der Waals surface area contributed by atoms with Gasteiger partial charge >= 0.3 is 0 Å². The summed E-state index contributed by atoms with van der Waals surface area (Å²) in [6, 6.07) is 11.8. The van der Waals surface area contributed by atoms with Gasteiger partial charge in [-0.2, -0.15) is 0 Å². The SMILES string of the molecule is CCN(CC)CCN1C(=O)C(=O)C(=C(O)c2ccc3c(c2)C[C@@H](C)O3)[C@@H]1c1cccc(Cl)c1. The maximum absolute atomic E-state index is 13.2. The summed E-state index contributed by atoms with van der Waals surface area (Å²) in [6.45, 7) is 8.80. The highest BCUT2D eigenvalue weighted by Gasteiger charge is 2.46. The second kappa shape index (κ2) is 9.57. The predicted molar refractivity (Wildman–Crippen MR) is 128 cm³/mol. The van der Waals surface area contributed by atoms with Gasteiger partial charge in [-0.15, -0.1) is 0 Å². The lowest BCUT2D eigenvalue weighted by atomic mass is 9.94. The Labute approximate surface area is 199 Å². The normalized spacial score (nSPS) is 21.5. The van der Waals surface area contributed by atoms with Gasteiger partial charge in [-0.25, -0.2) is 0 Å². The molecule has 4 rings (SSSR count). The van der Waals surface area contributed by atoms with Crippen LogP contribution in [0.5, 0.6) is 5.75 Å². The van der Waals surface area contributed by atoms with E-state index in [9.17, 15) is 14.7 Å². The summed E-state index contributed by atoms with van der Waals surface area (Å²) in [5.41, 5.74) is 2.26. The van der Waals surface area contributed by atoms with Gasteiger partial charge in [-0.05, 0) is 61.5 Å². The average Bonchev–Trinajstić information content (AvgIpc) is 3.30. The number of ketones is 1. The first-order valence-corrected chi connectivity index (χ1v) is 11.8. The lowest BCUT2D eigenvalue weighted by molar-refractivity contribution is -0.140. The number of benzene rings is 2. The van der Waals surface area contributed by atoms with Crippen molar-refractivity contribution >= 4 is 29.1 Å². The Bertz CT molecular complexity index is 1110. The molecule has 2 heterocycles. The molecule has 0 unspecified atom stereocenters. The van der Waals surface area contributed by atoms with Crippen LogP contribution in [0.4, 0.5) is 0 Å². The van der Waals surface area contributed by atoms with Crippen LogP contribution in [0.25, 0.3) is 5.76 Å². The smallest absolute Gasteiger partial charge is 0.295 e. The molecule has 2 aliphatic heterocycles. The molecule has 6 nitrogen and oxygen atoms in total. The number of nitrogens with zero attached hydrogens (tertiary/aromatic N) is 2. The van der Waals surface area contributed by atoms with Gasteiger partial charge in [0.15, 0.2) is 0 Å². The average molecular weight is 469 g/mol. The van der Waals surface area contributed by atoms with E-state index < -0.39 is 17.7 Å². The number of aliphatic hydroxyl groups excluding tert-OH is 1. The molecule has 1 N–H and O–H groups in total. The van der Waals surface area contributed by atoms with E-state index in [4.69, 9.17) is 16.3 Å². The zero-order valence-corrected chi connectivity index (χ0v) is 19.9. The number of hydrogen-bond acceptors (Lipinski definition) is 5. The number of Topliss-reactive ketones (excluding diaryl/α,β-unsaturated/α-hetero) is 1. The van der Waals surface area contributed by atoms with Crippen LogP contribution < -0.4 is 4.74 Å². The standard InChI is InChI=1S/C26H29ClN2O4/c1-4-28(5-2)11-12-29-23(17-7-6-8-20(27)15-17)22(25(31)26(29)32)24(30)18-9-10-21-19(14-18)13-16(3)33-21/h6-10,14-16,23,30H,4-5,11-13H2,1-3H3/t16-,23+/m1/s1. The summed E-state index contributed by atoms with van der Waals surface area (Å²) >= 11 is 6.25. The first kappa shape index (κ1) is 23.3. The van der Waals surface area contributed by atoms with E-state index in [0.29, 0.717) is 29.2 Å². The third kappa shape index (κ3) is 4.50. The molecule has 0 aliphatic carbocycles. The van der Waals surface area contributed by atoms with E-state index >= 15 is 0 Å². The third-order valence-electron chi connectivity index (χ3n) is 6.43. The van der Waals surface area contributed by atoms with Gasteiger partial charge in [-0.3, -0.25) is 9.59 Å². The molecule has 1 fully saturated rings. The number of ether oxygens (including phenoxy) is 1. The van der Waals surface area contributed by atoms with Crippen LogP contribution in [0.3, 0.4) is 0 Å². The molecule has 7 heteroatoms. The molecule has 2 aliphatic rings. The fraction of sp³-hybridized carbons (Fsp3) is 0.385. The molecule has 33 heavy (non-hydrogen) atoms. The summed E-state index contributed by atoms with van der Waals surface area (Å²) in [6.07, 6.45) is 0.793. The first-order chi connectivity index (χ1) is 15.8. The molecular formula is C26H29ClN2O4. The van der Waals surface area contributed by atoms with E-state index in [-0.39, 0.29) is 17.4 Å². The highest BCUT2D eigenvalue weighted by molar-refractivity contribution is 6.46. The van der Waals surface area contributed by atoms with Gasteiger partial charge in [-0.1, -0.05) is 37.6 Å². The Kier molecular flexibility index (Phi) is 6.77. The monoisotopic (exact) mass is 468 g/mol. The van der Waals surface area contributed by atoms with Crippen molar-refractivity contribution in [1.29, 1.82) is 0 Å². The molecule has 0 bridgehead atoms. The van der Waals surface area contributed by atoms with Crippen molar-refractivity contribution in [2.45, 2.75) is 39.3 Å². The number of aliphatic hydroxyl groups is 1. The van der Waals surface area contributed by atoms with Gasteiger partial charge in [0.2, 0.25) is 0 Å². The van der Waals surface area contributed by atoms with E-state index in [1.807, 2.05) is 19.1 Å². The molecular weight excluding hydrogens is 440 g/mol. The Balaban J connectivity index is 1.79. The number of amides is 1. The summed E-state index contributed by atoms with van der Waals surface area (Å²) < 4.78 is 5.76. The van der Waals surface area contributed by atoms with Crippen molar-refractivity contribution in [3.63, 3.8) is 0 Å². The largest absolute Gasteiger partial charge is 0.507 e. The Morgan fingerprint density at radius 3 is 2.64 bits per heavy atom. The number of hydrogen-bond donors (Lipinski definition) is 1. The first-order valence-electron chi connectivity index (χ1n) is 11.4. The predicted octanol–water partition coefficient (Wildman–Crippen LogP) is 4.43. The summed E-state index contributed by atoms with van der Waals surface area (Å²) in [4.78, 5) is 30.0. The summed E-state index contributed by atoms with van der Waals surface area (Å²) in [5.74, 6) is -0.676. The summed E-state index contributed by atoms with van der Waals surface area (Å²) in [5, 5.41) is 11.8. The van der Waals surface area contributed by atoms with Crippen LogP contribution in [-0.4, -0.2) is 58.9 Å². The molecule has 2 aromatic carbocycles. The van der Waals surface area contributed by atoms with Crippen molar-refractivity contribution < 1.29 is 19.4 Å². The second-order valence-corrected chi connectivity index (χ2v) is 8.97. The topological polar surface area (TPSA) is 70.1 Å². The van der Waals surface area contributed by atoms with Gasteiger partial charge in [0, 0.05) is 30.1 Å². The van der Waals surface area contributed by atoms with E-state index in [0.717, 1.165) is 30.8 Å². The van der Waals surface area contributed by atoms with Crippen LogP contribution in [0.1, 0.15) is 43.5 Å². The Morgan fingerprint density at radius 1 is 1.18 bits per heavy atom. The zero-order chi connectivity index (χ0) is 23.7. The molecule has 1 saturated heterocycles. The molecule has 0 saturated carbocycles. The van der Waals surface area contributed by atoms with Crippen molar-refractivity contribution in [1.82, 2.24) is 9.80 Å². The van der Waals surface area contributed by atoms with Gasteiger partial charge in [0.05, 0.1) is 11.6 Å². The van der Waals surface area contributed by atoms with Crippen LogP contribution >= 0.6 is 11.6 Å². The van der Waals surface area contributed by atoms with Crippen molar-refractivity contribution in [3.8, 4) is 5.75 Å². The lowest BCUT2D eigenvalue weighted by Crippen LogP contribution is -2.38. The number of halogens is 1. The van der Waals surface area contributed by atoms with Gasteiger partial charge in [0.25, 0.3) is 11.7 Å². The van der Waals surface area contributed by atoms with Crippen molar-refractivity contribution in [3.05, 3.63) is 69.8 Å². The number of rotatable bonds is 7. The highest BCUT2D eigenvalue weighted by atomic mass is 35.5. The third-order valence-corrected chi connectivity index (χ3v) is 6.66. The quantitative estimate of drug-likeness (QED) is 0.370. The van der Waals surface area contributed by atoms with Gasteiger partial charge in [0.1, 0.15) is 17.6 Å². The van der Waals surface area contributed by atoms with E-state index in [2.05, 4.69) is 18.7 Å². The number of carbonyl (C=O) groups excluding carboxylic acids is 2. The number of likely N-dealkylation sites (tertiary alicyclic amines) is 1. The summed E-state index contributed by atoms with van der Waals surface area (Å²) in [7, 11) is 0. The van der Waals surface area contributed by atoms with Crippen molar-refractivity contribution in [2.24, 2.45) is 0 Å². The minimum Gasteiger partial charge on any atom is -0.507 e. The van der Waals surface area contributed by atoms with E-state index in [1.165, 1.54) is 0 Å². The number of fused-ring (bicyclic) bond motifs is 1. The molecule has 2 aromatic rings. The van der Waals surface area contributed by atoms with Crippen LogP contribution in [0.15, 0.2) is 48.0 Å². The Morgan fingerprint density at radius 2 is 1.94 bits per heavy atom. The molecule has 0 aromatic heterocycles. The van der Waals surface area contributed by atoms with Gasteiger partial charge < -0.3 is 19.6 Å². The molecule has 1 amide bonds. The number of likely N-dealkylation sites (N-methyl/N-ethyl adjacent to an activating group) is 1. The fourth-order valence-corrected chi connectivity index (χ4v) is 4.85. The minimum absolute atomic E-state index is 0.0644. The zero-order valence-electron chi connectivity index (χ0n) is 19.2. The maximum atomic E-state index is 13.2.